The zero-order chi connectivity index (χ0) is 14.4. The third-order valence-electron chi connectivity index (χ3n) is 6.43. The first-order valence-electron chi connectivity index (χ1n) is 8.59. The lowest BCUT2D eigenvalue weighted by molar-refractivity contribution is -0.0619. The second kappa shape index (κ2) is 5.28. The summed E-state index contributed by atoms with van der Waals surface area (Å²) in [5.74, 6) is 3.08. The highest BCUT2D eigenvalue weighted by atomic mass is 35.5. The van der Waals surface area contributed by atoms with Crippen molar-refractivity contribution in [3.8, 4) is 0 Å². The van der Waals surface area contributed by atoms with E-state index >= 15 is 0 Å². The van der Waals surface area contributed by atoms with E-state index in [2.05, 4.69) is 24.5 Å². The van der Waals surface area contributed by atoms with E-state index in [4.69, 9.17) is 11.6 Å². The molecule has 0 radical (unpaired) electrons. The van der Waals surface area contributed by atoms with Crippen LogP contribution in [0.3, 0.4) is 0 Å². The highest BCUT2D eigenvalue weighted by molar-refractivity contribution is 6.31. The summed E-state index contributed by atoms with van der Waals surface area (Å²) < 4.78 is 0. The van der Waals surface area contributed by atoms with E-state index in [1.54, 1.807) is 0 Å². The van der Waals surface area contributed by atoms with Gasteiger partial charge in [0.05, 0.1) is 0 Å². The van der Waals surface area contributed by atoms with Gasteiger partial charge in [0.25, 0.3) is 0 Å². The molecular weight excluding hydrogens is 278 g/mol. The predicted octanol–water partition coefficient (Wildman–Crippen LogP) is 5.21. The zero-order valence-corrected chi connectivity index (χ0v) is 13.7. The molecule has 0 saturated heterocycles. The van der Waals surface area contributed by atoms with Crippen LogP contribution in [0.25, 0.3) is 0 Å². The quantitative estimate of drug-likeness (QED) is 0.805. The molecule has 0 amide bonds. The molecule has 0 heterocycles. The number of benzene rings is 1. The van der Waals surface area contributed by atoms with Crippen molar-refractivity contribution in [3.63, 3.8) is 0 Å². The number of hydrogen-bond donors (Lipinski definition) is 1. The molecule has 4 fully saturated rings. The highest BCUT2D eigenvalue weighted by Gasteiger charge is 2.51. The Labute approximate surface area is 133 Å². The Morgan fingerprint density at radius 1 is 1.10 bits per heavy atom. The normalized spacial score (nSPS) is 38.7. The summed E-state index contributed by atoms with van der Waals surface area (Å²) in [4.78, 5) is 0. The molecule has 114 valence electrons. The van der Waals surface area contributed by atoms with Crippen LogP contribution in [0.4, 0.5) is 0 Å². The maximum atomic E-state index is 6.44. The molecule has 4 bridgehead atoms. The Morgan fingerprint density at radius 3 is 2.19 bits per heavy atom. The number of halogens is 1. The summed E-state index contributed by atoms with van der Waals surface area (Å²) in [6, 6.07) is 8.79. The van der Waals surface area contributed by atoms with Crippen LogP contribution in [0.2, 0.25) is 5.02 Å². The van der Waals surface area contributed by atoms with Crippen LogP contribution in [0, 0.1) is 23.2 Å². The van der Waals surface area contributed by atoms with Crippen molar-refractivity contribution < 1.29 is 0 Å². The topological polar surface area (TPSA) is 12.0 Å². The van der Waals surface area contributed by atoms with Gasteiger partial charge in [0.1, 0.15) is 0 Å². The number of nitrogens with one attached hydrogen (secondary N) is 1. The van der Waals surface area contributed by atoms with Crippen LogP contribution in [0.15, 0.2) is 24.3 Å². The summed E-state index contributed by atoms with van der Waals surface area (Å²) in [5, 5.41) is 4.47. The van der Waals surface area contributed by atoms with Crippen molar-refractivity contribution in [2.45, 2.75) is 51.0 Å². The molecule has 2 heteroatoms. The smallest absolute Gasteiger partial charge is 0.0453 e. The van der Waals surface area contributed by atoms with Crippen LogP contribution in [-0.4, -0.2) is 7.05 Å². The first-order chi connectivity index (χ1) is 10.2. The maximum Gasteiger partial charge on any atom is 0.0453 e. The molecule has 0 aliphatic heterocycles. The predicted molar refractivity (Wildman–Crippen MR) is 88.5 cm³/mol. The molecule has 1 aromatic carbocycles. The number of rotatable bonds is 4. The fourth-order valence-corrected chi connectivity index (χ4v) is 6.37. The van der Waals surface area contributed by atoms with Gasteiger partial charge < -0.3 is 5.32 Å². The van der Waals surface area contributed by atoms with Crippen molar-refractivity contribution in [2.24, 2.45) is 23.2 Å². The Hall–Kier alpha value is -0.530. The van der Waals surface area contributed by atoms with Gasteiger partial charge in [-0.15, -0.1) is 0 Å². The van der Waals surface area contributed by atoms with Crippen molar-refractivity contribution in [1.29, 1.82) is 0 Å². The summed E-state index contributed by atoms with van der Waals surface area (Å²) in [5.41, 5.74) is 1.89. The summed E-state index contributed by atoms with van der Waals surface area (Å²) in [7, 11) is 2.09. The highest BCUT2D eigenvalue weighted by Crippen LogP contribution is 2.62. The van der Waals surface area contributed by atoms with E-state index in [9.17, 15) is 0 Å². The molecule has 1 unspecified atom stereocenters. The lowest BCUT2D eigenvalue weighted by Crippen LogP contribution is -2.47. The van der Waals surface area contributed by atoms with E-state index in [1.807, 2.05) is 12.1 Å². The van der Waals surface area contributed by atoms with Crippen LogP contribution in [0.5, 0.6) is 0 Å². The van der Waals surface area contributed by atoms with Gasteiger partial charge in [-0.05, 0) is 86.8 Å². The Balaban J connectivity index is 1.58. The minimum atomic E-state index is 0.412. The summed E-state index contributed by atoms with van der Waals surface area (Å²) in [6.45, 7) is 0. The van der Waals surface area contributed by atoms with Crippen molar-refractivity contribution in [3.05, 3.63) is 34.9 Å². The molecule has 1 nitrogen and oxygen atoms in total. The molecule has 1 N–H and O–H groups in total. The molecule has 4 saturated carbocycles. The Kier molecular flexibility index (Phi) is 3.54. The molecule has 21 heavy (non-hydrogen) atoms. The monoisotopic (exact) mass is 303 g/mol. The maximum absolute atomic E-state index is 6.44. The van der Waals surface area contributed by atoms with Crippen LogP contribution >= 0.6 is 11.6 Å². The lowest BCUT2D eigenvalue weighted by atomic mass is 9.48. The van der Waals surface area contributed by atoms with Gasteiger partial charge >= 0.3 is 0 Å². The van der Waals surface area contributed by atoms with Crippen molar-refractivity contribution in [2.75, 3.05) is 7.05 Å². The van der Waals surface area contributed by atoms with Gasteiger partial charge in [0.2, 0.25) is 0 Å². The molecule has 0 aromatic heterocycles. The minimum absolute atomic E-state index is 0.412. The Bertz CT molecular complexity index is 489. The standard InChI is InChI=1S/C19H26ClN/c1-21-18(16-4-2-3-5-17(16)20)12-19-9-13-6-14(10-19)8-15(7-13)11-19/h2-5,13-15,18,21H,6-12H2,1H3. The third-order valence-corrected chi connectivity index (χ3v) is 6.78. The first-order valence-corrected chi connectivity index (χ1v) is 8.97. The van der Waals surface area contributed by atoms with E-state index in [-0.39, 0.29) is 0 Å². The fourth-order valence-electron chi connectivity index (χ4n) is 6.10. The van der Waals surface area contributed by atoms with Gasteiger partial charge in [-0.25, -0.2) is 0 Å². The van der Waals surface area contributed by atoms with Gasteiger partial charge in [0, 0.05) is 11.1 Å². The molecule has 1 aromatic rings. The van der Waals surface area contributed by atoms with Gasteiger partial charge in [0.15, 0.2) is 0 Å². The average Bonchev–Trinajstić information content (AvgIpc) is 2.44. The summed E-state index contributed by atoms with van der Waals surface area (Å²) in [6.07, 6.45) is 10.3. The Morgan fingerprint density at radius 2 is 1.67 bits per heavy atom. The molecule has 1 atom stereocenters. The SMILES string of the molecule is CNC(CC12CC3CC(CC(C3)C1)C2)c1ccccc1Cl. The molecule has 5 rings (SSSR count). The number of hydrogen-bond acceptors (Lipinski definition) is 1. The molecule has 0 spiro atoms. The zero-order valence-electron chi connectivity index (χ0n) is 12.9. The van der Waals surface area contributed by atoms with E-state index in [1.165, 1.54) is 50.5 Å². The minimum Gasteiger partial charge on any atom is -0.313 e. The van der Waals surface area contributed by atoms with Crippen LogP contribution in [-0.2, 0) is 0 Å². The van der Waals surface area contributed by atoms with Crippen LogP contribution in [0.1, 0.15) is 56.6 Å². The van der Waals surface area contributed by atoms with Gasteiger partial charge in [-0.3, -0.25) is 0 Å². The molecular formula is C19H26ClN. The second-order valence-electron chi connectivity index (χ2n) is 7.98. The van der Waals surface area contributed by atoms with E-state index in [0.29, 0.717) is 11.5 Å². The van der Waals surface area contributed by atoms with E-state index < -0.39 is 0 Å². The first kappa shape index (κ1) is 14.1. The van der Waals surface area contributed by atoms with E-state index in [0.717, 1.165) is 22.8 Å². The lowest BCUT2D eigenvalue weighted by Gasteiger charge is -2.57. The largest absolute Gasteiger partial charge is 0.313 e. The molecule has 4 aliphatic carbocycles. The summed E-state index contributed by atoms with van der Waals surface area (Å²) >= 11 is 6.44. The van der Waals surface area contributed by atoms with Crippen LogP contribution < -0.4 is 5.32 Å². The second-order valence-corrected chi connectivity index (χ2v) is 8.39. The van der Waals surface area contributed by atoms with Crippen molar-refractivity contribution in [1.82, 2.24) is 5.32 Å². The third kappa shape index (κ3) is 2.53. The van der Waals surface area contributed by atoms with Gasteiger partial charge in [-0.1, -0.05) is 29.8 Å². The molecule has 4 aliphatic rings. The van der Waals surface area contributed by atoms with Gasteiger partial charge in [-0.2, -0.15) is 0 Å². The fraction of sp³-hybridized carbons (Fsp3) is 0.684. The van der Waals surface area contributed by atoms with Crippen molar-refractivity contribution >= 4 is 11.6 Å². The average molecular weight is 304 g/mol.